The second kappa shape index (κ2) is 8.24. The molecule has 0 saturated heterocycles. The summed E-state index contributed by atoms with van der Waals surface area (Å²) in [6, 6.07) is 6.80. The van der Waals surface area contributed by atoms with Gasteiger partial charge in [-0.2, -0.15) is 0 Å². The molecule has 0 fully saturated rings. The molecule has 0 bridgehead atoms. The minimum absolute atomic E-state index is 0.0710. The number of anilines is 1. The highest BCUT2D eigenvalue weighted by atomic mass is 35.5. The number of rotatable bonds is 3. The van der Waals surface area contributed by atoms with Crippen molar-refractivity contribution in [2.75, 3.05) is 12.8 Å². The normalized spacial score (nSPS) is 10.3. The molecule has 130 valence electrons. The number of hydrogen-bond donors (Lipinski definition) is 1. The Balaban J connectivity index is 2.42. The number of carbonyl (C=O) groups excluding carboxylic acids is 1. The van der Waals surface area contributed by atoms with Gasteiger partial charge in [0.25, 0.3) is 0 Å². The number of aromatic nitrogens is 1. The number of esters is 1. The fourth-order valence-corrected chi connectivity index (χ4v) is 2.52. The first-order valence-corrected chi connectivity index (χ1v) is 8.60. The molecule has 7 heteroatoms. The first-order chi connectivity index (χ1) is 11.8. The number of benzene rings is 1. The zero-order valence-electron chi connectivity index (χ0n) is 13.9. The predicted octanol–water partition coefficient (Wildman–Crippen LogP) is 4.36. The highest BCUT2D eigenvalue weighted by Crippen LogP contribution is 2.32. The Morgan fingerprint density at radius 3 is 2.56 bits per heavy atom. The maximum Gasteiger partial charge on any atom is 0.358 e. The van der Waals surface area contributed by atoms with Crippen molar-refractivity contribution < 1.29 is 13.9 Å². The third kappa shape index (κ3) is 4.44. The van der Waals surface area contributed by atoms with Gasteiger partial charge >= 0.3 is 5.97 Å². The number of nitrogens with two attached hydrogens (primary N) is 1. The van der Waals surface area contributed by atoms with Gasteiger partial charge in [0.2, 0.25) is 0 Å². The summed E-state index contributed by atoms with van der Waals surface area (Å²) < 4.78 is 19.0. The third-order valence-electron chi connectivity index (χ3n) is 3.14. The van der Waals surface area contributed by atoms with Crippen LogP contribution in [0.5, 0.6) is 0 Å². The van der Waals surface area contributed by atoms with E-state index in [0.29, 0.717) is 10.8 Å². The Morgan fingerprint density at radius 1 is 1.36 bits per heavy atom. The van der Waals surface area contributed by atoms with E-state index in [9.17, 15) is 9.18 Å². The van der Waals surface area contributed by atoms with Gasteiger partial charge in [0.05, 0.1) is 17.8 Å². The quantitative estimate of drug-likeness (QED) is 0.635. The Hall–Kier alpha value is -2.23. The molecule has 2 N–H and O–H groups in total. The molecule has 4 nitrogen and oxygen atoms in total. The fraction of sp³-hybridized carbons (Fsp3) is 0.222. The average molecular weight is 379 g/mol. The summed E-state index contributed by atoms with van der Waals surface area (Å²) in [5.41, 5.74) is 6.25. The van der Waals surface area contributed by atoms with Gasteiger partial charge in [0.1, 0.15) is 5.69 Å². The van der Waals surface area contributed by atoms with Crippen molar-refractivity contribution in [2.24, 2.45) is 0 Å². The number of pyridine rings is 1. The van der Waals surface area contributed by atoms with Crippen molar-refractivity contribution in [3.63, 3.8) is 0 Å². The summed E-state index contributed by atoms with van der Waals surface area (Å²) in [7, 11) is 1.18. The van der Waals surface area contributed by atoms with E-state index in [-0.39, 0.29) is 22.1 Å². The second-order valence-corrected chi connectivity index (χ2v) is 7.07. The van der Waals surface area contributed by atoms with Crippen LogP contribution >= 0.6 is 23.4 Å². The highest BCUT2D eigenvalue weighted by molar-refractivity contribution is 8.04. The van der Waals surface area contributed by atoms with Gasteiger partial charge in [0, 0.05) is 16.4 Å². The van der Waals surface area contributed by atoms with Crippen molar-refractivity contribution in [3.05, 3.63) is 46.4 Å². The lowest BCUT2D eigenvalue weighted by atomic mass is 10.1. The van der Waals surface area contributed by atoms with Crippen LogP contribution in [-0.4, -0.2) is 23.3 Å². The van der Waals surface area contributed by atoms with Gasteiger partial charge in [-0.3, -0.25) is 0 Å². The topological polar surface area (TPSA) is 65.2 Å². The minimum Gasteiger partial charge on any atom is -0.464 e. The maximum absolute atomic E-state index is 14.4. The van der Waals surface area contributed by atoms with Crippen molar-refractivity contribution in [1.82, 2.24) is 4.98 Å². The Bertz CT molecular complexity index is 858. The molecule has 0 saturated carbocycles. The van der Waals surface area contributed by atoms with Crippen LogP contribution in [0.15, 0.2) is 24.3 Å². The molecule has 2 rings (SSSR count). The van der Waals surface area contributed by atoms with Gasteiger partial charge < -0.3 is 10.5 Å². The van der Waals surface area contributed by atoms with E-state index in [1.165, 1.54) is 18.9 Å². The molecule has 0 unspecified atom stereocenters. The van der Waals surface area contributed by atoms with Crippen LogP contribution in [0.3, 0.4) is 0 Å². The van der Waals surface area contributed by atoms with E-state index in [1.54, 1.807) is 24.3 Å². The summed E-state index contributed by atoms with van der Waals surface area (Å²) in [5.74, 6) is 1.44. The minimum atomic E-state index is -0.786. The van der Waals surface area contributed by atoms with Crippen LogP contribution in [0.1, 0.15) is 29.9 Å². The number of ether oxygens (including phenoxy) is 1. The summed E-state index contributed by atoms with van der Waals surface area (Å²) in [6.07, 6.45) is 0. The van der Waals surface area contributed by atoms with E-state index in [0.717, 1.165) is 5.56 Å². The number of nitrogen functional groups attached to an aromatic ring is 1. The summed E-state index contributed by atoms with van der Waals surface area (Å²) in [6.45, 7) is 4.11. The Labute approximate surface area is 154 Å². The summed E-state index contributed by atoms with van der Waals surface area (Å²) >= 11 is 7.41. The molecule has 0 spiro atoms. The van der Waals surface area contributed by atoms with E-state index in [4.69, 9.17) is 17.3 Å². The fourth-order valence-electron chi connectivity index (χ4n) is 1.90. The average Bonchev–Trinajstić information content (AvgIpc) is 2.60. The molecule has 1 aromatic heterocycles. The van der Waals surface area contributed by atoms with E-state index < -0.39 is 11.8 Å². The molecule has 1 aromatic carbocycles. The van der Waals surface area contributed by atoms with Gasteiger partial charge in [0.15, 0.2) is 11.5 Å². The maximum atomic E-state index is 14.4. The van der Waals surface area contributed by atoms with Gasteiger partial charge in [-0.1, -0.05) is 55.3 Å². The van der Waals surface area contributed by atoms with Crippen LogP contribution in [0.25, 0.3) is 11.3 Å². The Kier molecular flexibility index (Phi) is 6.29. The van der Waals surface area contributed by atoms with E-state index in [2.05, 4.69) is 34.7 Å². The van der Waals surface area contributed by atoms with Gasteiger partial charge in [-0.05, 0) is 17.4 Å². The zero-order chi connectivity index (χ0) is 18.6. The van der Waals surface area contributed by atoms with Crippen molar-refractivity contribution in [1.29, 1.82) is 0 Å². The lowest BCUT2D eigenvalue weighted by molar-refractivity contribution is 0.0594. The molecule has 0 aliphatic heterocycles. The number of thioether (sulfide) groups is 1. The van der Waals surface area contributed by atoms with Crippen molar-refractivity contribution >= 4 is 35.0 Å². The first kappa shape index (κ1) is 19.1. The number of halogens is 2. The van der Waals surface area contributed by atoms with Crippen LogP contribution in [0.2, 0.25) is 5.02 Å². The monoisotopic (exact) mass is 378 g/mol. The van der Waals surface area contributed by atoms with Crippen LogP contribution in [0, 0.1) is 17.0 Å². The largest absolute Gasteiger partial charge is 0.464 e. The van der Waals surface area contributed by atoms with Crippen LogP contribution < -0.4 is 5.73 Å². The molecule has 1 heterocycles. The number of carbonyl (C=O) groups is 1. The van der Waals surface area contributed by atoms with E-state index >= 15 is 0 Å². The van der Waals surface area contributed by atoms with E-state index in [1.807, 2.05) is 0 Å². The molecular formula is C18H16ClFN2O2S. The highest BCUT2D eigenvalue weighted by Gasteiger charge is 2.22. The van der Waals surface area contributed by atoms with Crippen molar-refractivity contribution in [3.8, 4) is 22.4 Å². The smallest absolute Gasteiger partial charge is 0.358 e. The Morgan fingerprint density at radius 2 is 2.00 bits per heavy atom. The van der Waals surface area contributed by atoms with Crippen molar-refractivity contribution in [2.45, 2.75) is 19.1 Å². The van der Waals surface area contributed by atoms with Crippen LogP contribution in [0.4, 0.5) is 10.1 Å². The molecule has 2 aromatic rings. The number of hydrogen-bond acceptors (Lipinski definition) is 5. The van der Waals surface area contributed by atoms with Gasteiger partial charge in [-0.25, -0.2) is 14.2 Å². The predicted molar refractivity (Wildman–Crippen MR) is 100.0 cm³/mol. The molecule has 25 heavy (non-hydrogen) atoms. The molecule has 0 atom stereocenters. The standard InChI is InChI=1S/C18H16ClFN2O2S/c1-10(2)25-9-8-11-4-6-12(7-5-11)16-14(20)15(21)13(19)17(22-16)18(23)24-3/h4-7,10H,1-3H3,(H2,21,22). The zero-order valence-corrected chi connectivity index (χ0v) is 15.5. The number of methoxy groups -OCH3 is 1. The SMILES string of the molecule is COC(=O)c1nc(-c2ccc(C#CSC(C)C)cc2)c(F)c(N)c1Cl. The summed E-state index contributed by atoms with van der Waals surface area (Å²) in [5, 5.41) is 3.15. The number of nitrogens with zero attached hydrogens (tertiary/aromatic N) is 1. The van der Waals surface area contributed by atoms with Gasteiger partial charge in [-0.15, -0.1) is 0 Å². The molecule has 0 aliphatic rings. The molecule has 0 amide bonds. The molecule has 0 aliphatic carbocycles. The van der Waals surface area contributed by atoms with Crippen LogP contribution in [-0.2, 0) is 4.74 Å². The second-order valence-electron chi connectivity index (χ2n) is 5.31. The lowest BCUT2D eigenvalue weighted by Crippen LogP contribution is -2.10. The summed E-state index contributed by atoms with van der Waals surface area (Å²) in [4.78, 5) is 15.7. The first-order valence-electron chi connectivity index (χ1n) is 7.35. The molecule has 0 radical (unpaired) electrons. The molecular weight excluding hydrogens is 363 g/mol. The third-order valence-corrected chi connectivity index (χ3v) is 4.21. The lowest BCUT2D eigenvalue weighted by Gasteiger charge is -2.10.